The lowest BCUT2D eigenvalue weighted by molar-refractivity contribution is -0.137. The summed E-state index contributed by atoms with van der Waals surface area (Å²) in [6.45, 7) is 3.90. The number of hydrogen-bond acceptors (Lipinski definition) is 5. The largest absolute Gasteiger partial charge is 0.481 e. The number of benzene rings is 1. The van der Waals surface area contributed by atoms with Gasteiger partial charge < -0.3 is 19.2 Å². The van der Waals surface area contributed by atoms with Gasteiger partial charge in [0.1, 0.15) is 5.76 Å². The second kappa shape index (κ2) is 11.9. The first-order valence-corrected chi connectivity index (χ1v) is 11.0. The van der Waals surface area contributed by atoms with Crippen LogP contribution in [0.1, 0.15) is 56.8 Å². The van der Waals surface area contributed by atoms with Crippen LogP contribution in [-0.4, -0.2) is 39.5 Å². The highest BCUT2D eigenvalue weighted by molar-refractivity contribution is 5.94. The lowest BCUT2D eigenvalue weighted by Crippen LogP contribution is -2.36. The summed E-state index contributed by atoms with van der Waals surface area (Å²) in [4.78, 5) is 29.8. The van der Waals surface area contributed by atoms with Crippen LogP contribution in [-0.2, 0) is 11.3 Å². The zero-order valence-electron chi connectivity index (χ0n) is 20.0. The van der Waals surface area contributed by atoms with Crippen LogP contribution in [0.5, 0.6) is 5.88 Å². The number of nitrogens with zero attached hydrogens (tertiary/aromatic N) is 2. The SMILES string of the molecule is [2H]C(C)(C)N(Cc1cccnc1OCCCCCC(=O)O)C(=O)c1ccc(-c2ccco2)cc1. The standard InChI is InChI=1S/C26H30N2O5/c1-19(2)28(26(31)21-13-11-20(12-14-21)23-9-7-17-32-23)18-22-8-6-15-27-25(22)33-16-5-3-4-10-24(29)30/h6-9,11-15,17,19H,3-5,10,16,18H2,1-2H3,(H,29,30)/i19D. The number of hydrogen-bond donors (Lipinski definition) is 1. The fourth-order valence-corrected chi connectivity index (χ4v) is 3.38. The molecule has 0 aliphatic rings. The van der Waals surface area contributed by atoms with Crippen molar-refractivity contribution in [2.24, 2.45) is 0 Å². The Morgan fingerprint density at radius 3 is 2.58 bits per heavy atom. The molecule has 0 unspecified atom stereocenters. The molecule has 1 amide bonds. The third-order valence-corrected chi connectivity index (χ3v) is 5.17. The first-order valence-electron chi connectivity index (χ1n) is 11.5. The molecule has 0 saturated carbocycles. The van der Waals surface area contributed by atoms with Crippen LogP contribution in [0.25, 0.3) is 11.3 Å². The normalized spacial score (nSPS) is 11.6. The number of carboxylic acid groups (broad SMARTS) is 1. The van der Waals surface area contributed by atoms with E-state index in [1.807, 2.05) is 30.3 Å². The third kappa shape index (κ3) is 6.94. The quantitative estimate of drug-likeness (QED) is 0.370. The fraction of sp³-hybridized carbons (Fsp3) is 0.346. The Balaban J connectivity index is 1.69. The number of pyridine rings is 1. The summed E-state index contributed by atoms with van der Waals surface area (Å²) in [7, 11) is 0. The highest BCUT2D eigenvalue weighted by Crippen LogP contribution is 2.23. The predicted molar refractivity (Wildman–Crippen MR) is 125 cm³/mol. The van der Waals surface area contributed by atoms with Gasteiger partial charge in [-0.1, -0.05) is 18.2 Å². The van der Waals surface area contributed by atoms with E-state index in [0.717, 1.165) is 17.7 Å². The summed E-state index contributed by atoms with van der Waals surface area (Å²) in [5, 5.41) is 8.72. The summed E-state index contributed by atoms with van der Waals surface area (Å²) in [6, 6.07) is 13.2. The molecule has 7 heteroatoms. The summed E-state index contributed by atoms with van der Waals surface area (Å²) in [5.74, 6) is 0.0634. The van der Waals surface area contributed by atoms with E-state index >= 15 is 0 Å². The second-order valence-corrected chi connectivity index (χ2v) is 7.91. The molecule has 2 heterocycles. The van der Waals surface area contributed by atoms with Crippen LogP contribution in [0, 0.1) is 0 Å². The van der Waals surface area contributed by atoms with Crippen LogP contribution in [0.15, 0.2) is 65.4 Å². The molecule has 2 aromatic heterocycles. The van der Waals surface area contributed by atoms with E-state index in [1.54, 1.807) is 44.5 Å². The minimum absolute atomic E-state index is 0.146. The summed E-state index contributed by atoms with van der Waals surface area (Å²) in [6.07, 6.45) is 5.41. The first kappa shape index (κ1) is 22.6. The number of amides is 1. The van der Waals surface area contributed by atoms with E-state index in [2.05, 4.69) is 4.98 Å². The lowest BCUT2D eigenvalue weighted by atomic mass is 10.1. The summed E-state index contributed by atoms with van der Waals surface area (Å²) >= 11 is 0. The number of carbonyl (C=O) groups is 2. The molecule has 0 fully saturated rings. The third-order valence-electron chi connectivity index (χ3n) is 5.17. The molecule has 1 N–H and O–H groups in total. The Hall–Kier alpha value is -3.61. The maximum absolute atomic E-state index is 13.4. The molecular formula is C26H30N2O5. The lowest BCUT2D eigenvalue weighted by Gasteiger charge is -2.27. The molecule has 0 saturated heterocycles. The van der Waals surface area contributed by atoms with Crippen molar-refractivity contribution in [3.05, 3.63) is 72.1 Å². The Morgan fingerprint density at radius 1 is 1.12 bits per heavy atom. The molecule has 0 atom stereocenters. The predicted octanol–water partition coefficient (Wildman–Crippen LogP) is 5.42. The highest BCUT2D eigenvalue weighted by atomic mass is 16.5. The van der Waals surface area contributed by atoms with Gasteiger partial charge in [-0.05, 0) is 63.4 Å². The average Bonchev–Trinajstić information content (AvgIpc) is 3.34. The summed E-state index contributed by atoms with van der Waals surface area (Å²) in [5.41, 5.74) is 2.04. The van der Waals surface area contributed by atoms with Gasteiger partial charge in [-0.15, -0.1) is 0 Å². The van der Waals surface area contributed by atoms with E-state index in [-0.39, 0.29) is 18.9 Å². The molecule has 174 valence electrons. The van der Waals surface area contributed by atoms with Crippen LogP contribution in [0.3, 0.4) is 0 Å². The Labute approximate surface area is 195 Å². The smallest absolute Gasteiger partial charge is 0.303 e. The molecule has 1 aromatic carbocycles. The number of furan rings is 1. The van der Waals surface area contributed by atoms with Gasteiger partial charge >= 0.3 is 5.97 Å². The maximum Gasteiger partial charge on any atom is 0.303 e. The van der Waals surface area contributed by atoms with Crippen LogP contribution in [0.4, 0.5) is 0 Å². The number of carbonyl (C=O) groups excluding carboxylic acids is 1. The highest BCUT2D eigenvalue weighted by Gasteiger charge is 2.21. The van der Waals surface area contributed by atoms with Crippen molar-refractivity contribution in [1.82, 2.24) is 9.88 Å². The van der Waals surface area contributed by atoms with Gasteiger partial charge in [-0.2, -0.15) is 0 Å². The topological polar surface area (TPSA) is 92.9 Å². The molecule has 0 aliphatic heterocycles. The Kier molecular flexibility index (Phi) is 8.11. The van der Waals surface area contributed by atoms with Gasteiger partial charge in [0, 0.05) is 35.3 Å². The molecule has 0 radical (unpaired) electrons. The van der Waals surface area contributed by atoms with Crippen molar-refractivity contribution >= 4 is 11.9 Å². The molecule has 0 aliphatic carbocycles. The molecule has 3 aromatic rings. The minimum atomic E-state index is -1.18. The number of carboxylic acids is 1. The van der Waals surface area contributed by atoms with Gasteiger partial charge in [0.05, 0.1) is 20.8 Å². The first-order chi connectivity index (χ1) is 16.3. The second-order valence-electron chi connectivity index (χ2n) is 7.91. The van der Waals surface area contributed by atoms with E-state index in [4.69, 9.17) is 15.6 Å². The van der Waals surface area contributed by atoms with Crippen molar-refractivity contribution < 1.29 is 25.2 Å². The number of unbranched alkanes of at least 4 members (excludes halogenated alkanes) is 2. The van der Waals surface area contributed by atoms with Gasteiger partial charge in [0.2, 0.25) is 5.88 Å². The Morgan fingerprint density at radius 2 is 1.91 bits per heavy atom. The number of aliphatic carboxylic acids is 1. The molecule has 33 heavy (non-hydrogen) atoms. The van der Waals surface area contributed by atoms with Crippen molar-refractivity contribution in [3.8, 4) is 17.2 Å². The summed E-state index contributed by atoms with van der Waals surface area (Å²) < 4.78 is 19.8. The number of ether oxygens (including phenoxy) is 1. The molecule has 7 nitrogen and oxygen atoms in total. The number of rotatable bonds is 12. The molecule has 0 spiro atoms. The maximum atomic E-state index is 13.4. The van der Waals surface area contributed by atoms with Crippen LogP contribution in [0.2, 0.25) is 0 Å². The van der Waals surface area contributed by atoms with E-state index in [0.29, 0.717) is 36.5 Å². The van der Waals surface area contributed by atoms with Crippen molar-refractivity contribution in [2.45, 2.75) is 52.1 Å². The van der Waals surface area contributed by atoms with Gasteiger partial charge in [0.15, 0.2) is 0 Å². The molecule has 0 bridgehead atoms. The van der Waals surface area contributed by atoms with Gasteiger partial charge in [-0.25, -0.2) is 4.98 Å². The van der Waals surface area contributed by atoms with Gasteiger partial charge in [-0.3, -0.25) is 9.59 Å². The zero-order chi connectivity index (χ0) is 24.6. The average molecular weight is 452 g/mol. The van der Waals surface area contributed by atoms with Gasteiger partial charge in [0.25, 0.3) is 5.91 Å². The van der Waals surface area contributed by atoms with Crippen molar-refractivity contribution in [1.29, 1.82) is 0 Å². The monoisotopic (exact) mass is 451 g/mol. The van der Waals surface area contributed by atoms with Crippen molar-refractivity contribution in [3.63, 3.8) is 0 Å². The zero-order valence-corrected chi connectivity index (χ0v) is 19.0. The molecule has 3 rings (SSSR count). The van der Waals surface area contributed by atoms with E-state index in [9.17, 15) is 9.59 Å². The Bertz CT molecular complexity index is 1080. The van der Waals surface area contributed by atoms with Crippen LogP contribution >= 0.6 is 0 Å². The van der Waals surface area contributed by atoms with E-state index in [1.165, 1.54) is 4.90 Å². The van der Waals surface area contributed by atoms with E-state index < -0.39 is 12.0 Å². The number of aromatic nitrogens is 1. The fourth-order valence-electron chi connectivity index (χ4n) is 3.38. The van der Waals surface area contributed by atoms with Crippen LogP contribution < -0.4 is 4.74 Å². The molecular weight excluding hydrogens is 420 g/mol. The van der Waals surface area contributed by atoms with Crippen molar-refractivity contribution in [2.75, 3.05) is 6.61 Å². The minimum Gasteiger partial charge on any atom is -0.481 e.